The lowest BCUT2D eigenvalue weighted by atomic mass is 10.0. The number of carboxylic acid groups (broad SMARTS) is 1. The Labute approximate surface area is 168 Å². The molecule has 2 aromatic carbocycles. The van der Waals surface area contributed by atoms with Crippen molar-refractivity contribution >= 4 is 5.97 Å². The van der Waals surface area contributed by atoms with Gasteiger partial charge in [0.15, 0.2) is 0 Å². The number of methoxy groups -OCH3 is 1. The monoisotopic (exact) mass is 387 g/mol. The molecule has 2 aromatic rings. The van der Waals surface area contributed by atoms with Crippen LogP contribution >= 0.6 is 0 Å². The fraction of sp³-hybridized carbons (Fsp3) is 0.435. The molecule has 0 aromatic heterocycles. The number of hydrogen-bond acceptors (Lipinski definition) is 4. The standard InChI is InChI=1S/C21H27NO4.C2H6/c1-6-16-11-17(9-14(4)20(16)25-5)26-19-12(2)7-15(8-13(19)3)10-18(22)21(23)24;1-2/h7-9,11,18H,6,10,22H2,1-5H3,(H,23,24);1-2H3. The van der Waals surface area contributed by atoms with Crippen LogP contribution in [0.3, 0.4) is 0 Å². The van der Waals surface area contributed by atoms with E-state index in [0.29, 0.717) is 6.42 Å². The summed E-state index contributed by atoms with van der Waals surface area (Å²) in [5.74, 6) is 1.44. The van der Waals surface area contributed by atoms with Crippen molar-refractivity contribution in [1.82, 2.24) is 0 Å². The van der Waals surface area contributed by atoms with Crippen molar-refractivity contribution < 1.29 is 19.4 Å². The SMILES string of the molecule is CC.CCc1cc(Oc2c(C)cc(CC(N)C(=O)O)cc2C)cc(C)c1OC. The van der Waals surface area contributed by atoms with Crippen LogP contribution in [-0.2, 0) is 17.6 Å². The molecule has 0 saturated heterocycles. The summed E-state index contributed by atoms with van der Waals surface area (Å²) in [6, 6.07) is 6.92. The number of carboxylic acids is 1. The van der Waals surface area contributed by atoms with E-state index in [2.05, 4.69) is 6.92 Å². The molecule has 0 aliphatic carbocycles. The molecule has 2 rings (SSSR count). The predicted molar refractivity (Wildman–Crippen MR) is 114 cm³/mol. The molecule has 0 saturated carbocycles. The van der Waals surface area contributed by atoms with Gasteiger partial charge in [0.25, 0.3) is 0 Å². The van der Waals surface area contributed by atoms with E-state index in [1.54, 1.807) is 7.11 Å². The zero-order valence-electron chi connectivity index (χ0n) is 18.1. The van der Waals surface area contributed by atoms with Crippen LogP contribution in [-0.4, -0.2) is 24.2 Å². The third kappa shape index (κ3) is 5.73. The first-order valence-electron chi connectivity index (χ1n) is 9.70. The minimum absolute atomic E-state index is 0.291. The van der Waals surface area contributed by atoms with Gasteiger partial charge in [-0.1, -0.05) is 32.9 Å². The van der Waals surface area contributed by atoms with Crippen molar-refractivity contribution in [2.75, 3.05) is 7.11 Å². The summed E-state index contributed by atoms with van der Waals surface area (Å²) < 4.78 is 11.6. The molecule has 0 amide bonds. The molecule has 1 unspecified atom stereocenters. The van der Waals surface area contributed by atoms with Crippen LogP contribution in [0.5, 0.6) is 17.2 Å². The Morgan fingerprint density at radius 2 is 1.57 bits per heavy atom. The van der Waals surface area contributed by atoms with Gasteiger partial charge in [0.1, 0.15) is 23.3 Å². The fourth-order valence-corrected chi connectivity index (χ4v) is 3.20. The van der Waals surface area contributed by atoms with Gasteiger partial charge in [0.2, 0.25) is 0 Å². The number of aryl methyl sites for hydroxylation is 4. The van der Waals surface area contributed by atoms with Gasteiger partial charge in [-0.2, -0.15) is 0 Å². The second-order valence-corrected chi connectivity index (χ2v) is 6.60. The highest BCUT2D eigenvalue weighted by molar-refractivity contribution is 5.73. The third-order valence-electron chi connectivity index (χ3n) is 4.42. The molecule has 154 valence electrons. The van der Waals surface area contributed by atoms with Crippen molar-refractivity contribution in [3.05, 3.63) is 52.1 Å². The minimum Gasteiger partial charge on any atom is -0.496 e. The third-order valence-corrected chi connectivity index (χ3v) is 4.42. The van der Waals surface area contributed by atoms with Gasteiger partial charge >= 0.3 is 5.97 Å². The Bertz CT molecular complexity index is 791. The summed E-state index contributed by atoms with van der Waals surface area (Å²) in [7, 11) is 1.68. The largest absolute Gasteiger partial charge is 0.496 e. The molecular weight excluding hydrogens is 354 g/mol. The topological polar surface area (TPSA) is 81.8 Å². The first kappa shape index (κ1) is 23.5. The van der Waals surface area contributed by atoms with Crippen molar-refractivity contribution in [3.8, 4) is 17.2 Å². The number of aliphatic carboxylic acids is 1. The normalized spacial score (nSPS) is 11.3. The number of rotatable bonds is 7. The van der Waals surface area contributed by atoms with Gasteiger partial charge in [-0.3, -0.25) is 4.79 Å². The summed E-state index contributed by atoms with van der Waals surface area (Å²) in [6.45, 7) is 12.0. The lowest BCUT2D eigenvalue weighted by Gasteiger charge is -2.17. The molecule has 0 aliphatic heterocycles. The maximum atomic E-state index is 11.0. The molecule has 28 heavy (non-hydrogen) atoms. The molecule has 0 heterocycles. The molecule has 3 N–H and O–H groups in total. The smallest absolute Gasteiger partial charge is 0.320 e. The van der Waals surface area contributed by atoms with E-state index in [9.17, 15) is 4.79 Å². The van der Waals surface area contributed by atoms with Gasteiger partial charge in [-0.15, -0.1) is 0 Å². The van der Waals surface area contributed by atoms with E-state index in [4.69, 9.17) is 20.3 Å². The zero-order chi connectivity index (χ0) is 21.4. The average Bonchev–Trinajstić information content (AvgIpc) is 2.65. The number of ether oxygens (including phenoxy) is 2. The van der Waals surface area contributed by atoms with Crippen molar-refractivity contribution in [3.63, 3.8) is 0 Å². The quantitative estimate of drug-likeness (QED) is 0.702. The van der Waals surface area contributed by atoms with Crippen LogP contribution in [0, 0.1) is 20.8 Å². The van der Waals surface area contributed by atoms with Gasteiger partial charge < -0.3 is 20.3 Å². The first-order chi connectivity index (χ1) is 13.3. The summed E-state index contributed by atoms with van der Waals surface area (Å²) in [5, 5.41) is 8.99. The van der Waals surface area contributed by atoms with E-state index in [1.165, 1.54) is 0 Å². The van der Waals surface area contributed by atoms with Crippen molar-refractivity contribution in [2.45, 2.75) is 60.4 Å². The molecule has 0 radical (unpaired) electrons. The number of nitrogens with two attached hydrogens (primary N) is 1. The maximum Gasteiger partial charge on any atom is 0.320 e. The van der Waals surface area contributed by atoms with Crippen LogP contribution in [0.15, 0.2) is 24.3 Å². The predicted octanol–water partition coefficient (Wildman–Crippen LogP) is 4.96. The molecule has 0 aliphatic rings. The Hall–Kier alpha value is -2.53. The lowest BCUT2D eigenvalue weighted by Crippen LogP contribution is -2.32. The van der Waals surface area contributed by atoms with Crippen LogP contribution in [0.1, 0.15) is 48.6 Å². The number of carbonyl (C=O) groups is 1. The van der Waals surface area contributed by atoms with Crippen molar-refractivity contribution in [2.24, 2.45) is 5.73 Å². The summed E-state index contributed by atoms with van der Waals surface area (Å²) in [5.41, 5.74) is 10.6. The van der Waals surface area contributed by atoms with Crippen LogP contribution in [0.2, 0.25) is 0 Å². The van der Waals surface area contributed by atoms with E-state index < -0.39 is 12.0 Å². The second-order valence-electron chi connectivity index (χ2n) is 6.60. The Morgan fingerprint density at radius 3 is 2.04 bits per heavy atom. The molecular formula is C23H33NO4. The molecule has 5 nitrogen and oxygen atoms in total. The highest BCUT2D eigenvalue weighted by atomic mass is 16.5. The molecule has 0 fully saturated rings. The van der Waals surface area contributed by atoms with Crippen LogP contribution in [0.4, 0.5) is 0 Å². The molecule has 5 heteroatoms. The van der Waals surface area contributed by atoms with E-state index in [0.717, 1.165) is 51.5 Å². The molecule has 0 bridgehead atoms. The van der Waals surface area contributed by atoms with Crippen molar-refractivity contribution in [1.29, 1.82) is 0 Å². The zero-order valence-corrected chi connectivity index (χ0v) is 18.1. The summed E-state index contributed by atoms with van der Waals surface area (Å²) >= 11 is 0. The average molecular weight is 388 g/mol. The summed E-state index contributed by atoms with van der Waals surface area (Å²) in [4.78, 5) is 11.0. The number of benzene rings is 2. The Balaban J connectivity index is 0.00000190. The van der Waals surface area contributed by atoms with E-state index in [1.807, 2.05) is 58.9 Å². The van der Waals surface area contributed by atoms with Crippen LogP contribution < -0.4 is 15.2 Å². The Kier molecular flexibility index (Phi) is 9.00. The lowest BCUT2D eigenvalue weighted by molar-refractivity contribution is -0.138. The molecule has 0 spiro atoms. The van der Waals surface area contributed by atoms with Gasteiger partial charge in [-0.25, -0.2) is 0 Å². The van der Waals surface area contributed by atoms with Gasteiger partial charge in [0, 0.05) is 0 Å². The van der Waals surface area contributed by atoms with E-state index >= 15 is 0 Å². The maximum absolute atomic E-state index is 11.0. The fourth-order valence-electron chi connectivity index (χ4n) is 3.20. The van der Waals surface area contributed by atoms with Gasteiger partial charge in [-0.05, 0) is 73.6 Å². The minimum atomic E-state index is -0.999. The van der Waals surface area contributed by atoms with Crippen LogP contribution in [0.25, 0.3) is 0 Å². The highest BCUT2D eigenvalue weighted by Crippen LogP contribution is 2.34. The molecule has 1 atom stereocenters. The Morgan fingerprint density at radius 1 is 1.04 bits per heavy atom. The van der Waals surface area contributed by atoms with E-state index in [-0.39, 0.29) is 0 Å². The number of hydrogen-bond donors (Lipinski definition) is 2. The first-order valence-corrected chi connectivity index (χ1v) is 9.70. The van der Waals surface area contributed by atoms with Gasteiger partial charge in [0.05, 0.1) is 7.11 Å². The highest BCUT2D eigenvalue weighted by Gasteiger charge is 2.15. The second kappa shape index (κ2) is 10.7. The summed E-state index contributed by atoms with van der Waals surface area (Å²) in [6.07, 6.45) is 1.14.